The third-order valence-corrected chi connectivity index (χ3v) is 2.58. The number of nitrogens with zero attached hydrogens (tertiary/aromatic N) is 1. The first kappa shape index (κ1) is 10.2. The van der Waals surface area contributed by atoms with Gasteiger partial charge in [0, 0.05) is 18.3 Å². The zero-order valence-corrected chi connectivity index (χ0v) is 9.24. The van der Waals surface area contributed by atoms with Crippen molar-refractivity contribution in [3.05, 3.63) is 53.7 Å². The molecule has 0 bridgehead atoms. The van der Waals surface area contributed by atoms with Gasteiger partial charge in [-0.25, -0.2) is 0 Å². The van der Waals surface area contributed by atoms with Gasteiger partial charge in [0.05, 0.1) is 11.6 Å². The highest BCUT2D eigenvalue weighted by atomic mass is 35.5. The normalized spacial score (nSPS) is 12.7. The molecule has 2 aromatic rings. The lowest BCUT2D eigenvalue weighted by molar-refractivity contribution is 0.501. The second kappa shape index (κ2) is 4.49. The number of hydrogen-bond donors (Lipinski definition) is 0. The second-order valence-electron chi connectivity index (χ2n) is 3.51. The van der Waals surface area contributed by atoms with E-state index in [-0.39, 0.29) is 5.38 Å². The van der Waals surface area contributed by atoms with E-state index in [4.69, 9.17) is 16.0 Å². The number of pyridine rings is 1. The van der Waals surface area contributed by atoms with Crippen LogP contribution in [0.1, 0.15) is 22.4 Å². The number of halogens is 1. The van der Waals surface area contributed by atoms with Crippen molar-refractivity contribution in [2.24, 2.45) is 0 Å². The van der Waals surface area contributed by atoms with Gasteiger partial charge >= 0.3 is 0 Å². The largest absolute Gasteiger partial charge is 0.468 e. The van der Waals surface area contributed by atoms with E-state index in [1.165, 1.54) is 0 Å². The van der Waals surface area contributed by atoms with Crippen molar-refractivity contribution in [3.8, 4) is 0 Å². The van der Waals surface area contributed by atoms with E-state index >= 15 is 0 Å². The van der Waals surface area contributed by atoms with E-state index in [0.29, 0.717) is 6.42 Å². The van der Waals surface area contributed by atoms with Crippen LogP contribution in [0, 0.1) is 6.92 Å². The van der Waals surface area contributed by atoms with Crippen molar-refractivity contribution in [2.75, 3.05) is 0 Å². The molecule has 1 unspecified atom stereocenters. The minimum Gasteiger partial charge on any atom is -0.468 e. The molecular formula is C12H12ClNO. The third kappa shape index (κ3) is 2.60. The van der Waals surface area contributed by atoms with Crippen LogP contribution in [0.2, 0.25) is 0 Å². The summed E-state index contributed by atoms with van der Waals surface area (Å²) in [5.74, 6) is 0.791. The number of hydrogen-bond acceptors (Lipinski definition) is 2. The molecule has 2 nitrogen and oxygen atoms in total. The van der Waals surface area contributed by atoms with Gasteiger partial charge in [-0.05, 0) is 30.7 Å². The monoisotopic (exact) mass is 221 g/mol. The smallest absolute Gasteiger partial charge is 0.122 e. The molecule has 78 valence electrons. The molecule has 0 radical (unpaired) electrons. The average Bonchev–Trinajstić information content (AvgIpc) is 2.74. The van der Waals surface area contributed by atoms with Crippen molar-refractivity contribution < 1.29 is 4.42 Å². The number of alkyl halides is 1. The van der Waals surface area contributed by atoms with Crippen molar-refractivity contribution in [2.45, 2.75) is 18.7 Å². The van der Waals surface area contributed by atoms with Crippen LogP contribution in [0.5, 0.6) is 0 Å². The second-order valence-corrected chi connectivity index (χ2v) is 4.04. The predicted molar refractivity (Wildman–Crippen MR) is 60.0 cm³/mol. The molecule has 3 heteroatoms. The lowest BCUT2D eigenvalue weighted by Crippen LogP contribution is -1.96. The van der Waals surface area contributed by atoms with Gasteiger partial charge in [0.1, 0.15) is 5.76 Å². The standard InChI is InChI=1S/C12H12ClNO/c1-9-4-5-10(14-8-9)7-11(13)12-3-2-6-15-12/h2-6,8,11H,7H2,1H3. The highest BCUT2D eigenvalue weighted by Crippen LogP contribution is 2.24. The van der Waals surface area contributed by atoms with Gasteiger partial charge < -0.3 is 4.42 Å². The van der Waals surface area contributed by atoms with Crippen molar-refractivity contribution >= 4 is 11.6 Å². The molecule has 2 heterocycles. The maximum Gasteiger partial charge on any atom is 0.122 e. The molecule has 15 heavy (non-hydrogen) atoms. The molecule has 0 saturated heterocycles. The Morgan fingerprint density at radius 1 is 1.40 bits per heavy atom. The Morgan fingerprint density at radius 2 is 2.27 bits per heavy atom. The van der Waals surface area contributed by atoms with E-state index in [1.807, 2.05) is 37.4 Å². The van der Waals surface area contributed by atoms with Crippen LogP contribution >= 0.6 is 11.6 Å². The Bertz CT molecular complexity index is 408. The third-order valence-electron chi connectivity index (χ3n) is 2.21. The number of aromatic nitrogens is 1. The van der Waals surface area contributed by atoms with Gasteiger partial charge in [-0.3, -0.25) is 4.98 Å². The Balaban J connectivity index is 2.06. The molecule has 2 aromatic heterocycles. The Hall–Kier alpha value is -1.28. The summed E-state index contributed by atoms with van der Waals surface area (Å²) >= 11 is 6.19. The summed E-state index contributed by atoms with van der Waals surface area (Å²) in [6.07, 6.45) is 4.17. The minimum atomic E-state index is -0.143. The van der Waals surface area contributed by atoms with Crippen molar-refractivity contribution in [3.63, 3.8) is 0 Å². The summed E-state index contributed by atoms with van der Waals surface area (Å²) in [7, 11) is 0. The van der Waals surface area contributed by atoms with E-state index in [9.17, 15) is 0 Å². The zero-order chi connectivity index (χ0) is 10.7. The molecule has 1 atom stereocenters. The molecule has 0 aliphatic heterocycles. The summed E-state index contributed by atoms with van der Waals surface area (Å²) in [6, 6.07) is 7.75. The summed E-state index contributed by atoms with van der Waals surface area (Å²) in [4.78, 5) is 4.30. The minimum absolute atomic E-state index is 0.143. The van der Waals surface area contributed by atoms with Crippen LogP contribution in [0.3, 0.4) is 0 Å². The Labute approximate surface area is 93.9 Å². The maximum atomic E-state index is 6.19. The Morgan fingerprint density at radius 3 is 2.87 bits per heavy atom. The van der Waals surface area contributed by atoms with Crippen LogP contribution in [0.4, 0.5) is 0 Å². The molecule has 0 spiro atoms. The van der Waals surface area contributed by atoms with Gasteiger partial charge in [-0.2, -0.15) is 0 Å². The molecule has 0 fully saturated rings. The van der Waals surface area contributed by atoms with E-state index < -0.39 is 0 Å². The first-order chi connectivity index (χ1) is 7.25. The summed E-state index contributed by atoms with van der Waals surface area (Å²) in [5.41, 5.74) is 2.14. The van der Waals surface area contributed by atoms with Gasteiger partial charge in [0.15, 0.2) is 0 Å². The van der Waals surface area contributed by atoms with Crippen LogP contribution in [-0.4, -0.2) is 4.98 Å². The number of aryl methyl sites for hydroxylation is 1. The molecule has 0 aromatic carbocycles. The lowest BCUT2D eigenvalue weighted by Gasteiger charge is -2.05. The molecule has 0 amide bonds. The van der Waals surface area contributed by atoms with Crippen LogP contribution < -0.4 is 0 Å². The quantitative estimate of drug-likeness (QED) is 0.742. The topological polar surface area (TPSA) is 26.0 Å². The van der Waals surface area contributed by atoms with Crippen molar-refractivity contribution in [1.29, 1.82) is 0 Å². The highest BCUT2D eigenvalue weighted by Gasteiger charge is 2.11. The average molecular weight is 222 g/mol. The summed E-state index contributed by atoms with van der Waals surface area (Å²) < 4.78 is 5.23. The maximum absolute atomic E-state index is 6.19. The first-order valence-electron chi connectivity index (χ1n) is 4.85. The molecule has 0 aliphatic carbocycles. The first-order valence-corrected chi connectivity index (χ1v) is 5.28. The Kier molecular flexibility index (Phi) is 3.07. The van der Waals surface area contributed by atoms with Gasteiger partial charge in [0.2, 0.25) is 0 Å². The van der Waals surface area contributed by atoms with Gasteiger partial charge in [0.25, 0.3) is 0 Å². The van der Waals surface area contributed by atoms with E-state index in [2.05, 4.69) is 4.98 Å². The predicted octanol–water partition coefficient (Wildman–Crippen LogP) is 3.51. The van der Waals surface area contributed by atoms with E-state index in [0.717, 1.165) is 17.0 Å². The molecule has 0 aliphatic rings. The summed E-state index contributed by atoms with van der Waals surface area (Å²) in [5, 5.41) is -0.143. The fourth-order valence-corrected chi connectivity index (χ4v) is 1.66. The molecule has 0 N–H and O–H groups in total. The van der Waals surface area contributed by atoms with Gasteiger partial charge in [-0.15, -0.1) is 11.6 Å². The van der Waals surface area contributed by atoms with E-state index in [1.54, 1.807) is 6.26 Å². The molecule has 2 rings (SSSR count). The van der Waals surface area contributed by atoms with Crippen LogP contribution in [-0.2, 0) is 6.42 Å². The van der Waals surface area contributed by atoms with Gasteiger partial charge in [-0.1, -0.05) is 6.07 Å². The molecule has 0 saturated carbocycles. The number of rotatable bonds is 3. The zero-order valence-electron chi connectivity index (χ0n) is 8.48. The lowest BCUT2D eigenvalue weighted by atomic mass is 10.1. The number of furan rings is 1. The SMILES string of the molecule is Cc1ccc(CC(Cl)c2ccco2)nc1. The van der Waals surface area contributed by atoms with Crippen molar-refractivity contribution in [1.82, 2.24) is 4.98 Å². The van der Waals surface area contributed by atoms with Crippen LogP contribution in [0.15, 0.2) is 41.1 Å². The molecular weight excluding hydrogens is 210 g/mol. The fraction of sp³-hybridized carbons (Fsp3) is 0.250. The summed E-state index contributed by atoms with van der Waals surface area (Å²) in [6.45, 7) is 2.02. The fourth-order valence-electron chi connectivity index (χ4n) is 1.37. The highest BCUT2D eigenvalue weighted by molar-refractivity contribution is 6.20. The van der Waals surface area contributed by atoms with Crippen LogP contribution in [0.25, 0.3) is 0 Å².